The fraction of sp³-hybridized carbons (Fsp3) is 0.474. The largest absolute Gasteiger partial charge is 0.466 e. The van der Waals surface area contributed by atoms with E-state index >= 15 is 0 Å². The van der Waals surface area contributed by atoms with Gasteiger partial charge in [0.15, 0.2) is 0 Å². The van der Waals surface area contributed by atoms with Gasteiger partial charge in [0, 0.05) is 12.0 Å². The zero-order valence-corrected chi connectivity index (χ0v) is 17.0. The molecule has 1 fully saturated rings. The van der Waals surface area contributed by atoms with Crippen LogP contribution in [-0.4, -0.2) is 32.5 Å². The summed E-state index contributed by atoms with van der Waals surface area (Å²) in [4.78, 5) is 17.8. The minimum absolute atomic E-state index is 0.232. The monoisotopic (exact) mass is 393 g/mol. The highest BCUT2D eigenvalue weighted by atomic mass is 35.5. The molecule has 1 aliphatic heterocycles. The van der Waals surface area contributed by atoms with Gasteiger partial charge in [0.2, 0.25) is 5.60 Å². The SMILES string of the molecule is COC(=O)C12CCCC1C(c1cc(C#C[Si](C)(C)C)c(F)cc1Cl)=NO2. The molecule has 26 heavy (non-hydrogen) atoms. The van der Waals surface area contributed by atoms with Crippen molar-refractivity contribution in [2.75, 3.05) is 7.11 Å². The van der Waals surface area contributed by atoms with Gasteiger partial charge in [-0.3, -0.25) is 0 Å². The fourth-order valence-corrected chi connectivity index (χ4v) is 4.18. The molecule has 0 radical (unpaired) electrons. The lowest BCUT2D eigenvalue weighted by Gasteiger charge is -2.23. The number of nitrogens with zero attached hydrogens (tertiary/aromatic N) is 1. The Morgan fingerprint density at radius 3 is 2.85 bits per heavy atom. The summed E-state index contributed by atoms with van der Waals surface area (Å²) >= 11 is 6.29. The maximum Gasteiger partial charge on any atom is 0.353 e. The lowest BCUT2D eigenvalue weighted by atomic mass is 9.84. The number of carbonyl (C=O) groups is 1. The van der Waals surface area contributed by atoms with Crippen molar-refractivity contribution in [2.24, 2.45) is 11.1 Å². The van der Waals surface area contributed by atoms with Crippen LogP contribution >= 0.6 is 11.6 Å². The van der Waals surface area contributed by atoms with Gasteiger partial charge in [-0.1, -0.05) is 42.3 Å². The number of rotatable bonds is 2. The highest BCUT2D eigenvalue weighted by molar-refractivity contribution is 6.83. The Bertz CT molecular complexity index is 853. The smallest absolute Gasteiger partial charge is 0.353 e. The van der Waals surface area contributed by atoms with Gasteiger partial charge in [-0.15, -0.1) is 5.54 Å². The summed E-state index contributed by atoms with van der Waals surface area (Å²) in [5.74, 6) is 1.79. The lowest BCUT2D eigenvalue weighted by molar-refractivity contribution is -0.168. The number of oxime groups is 1. The van der Waals surface area contributed by atoms with Crippen LogP contribution in [0.4, 0.5) is 4.39 Å². The summed E-state index contributed by atoms with van der Waals surface area (Å²) in [5, 5.41) is 4.37. The Balaban J connectivity index is 2.02. The third-order valence-corrected chi connectivity index (χ3v) is 5.86. The molecule has 1 heterocycles. The molecule has 2 unspecified atom stereocenters. The Hall–Kier alpha value is -1.84. The Kier molecular flexibility index (Phi) is 4.89. The molecule has 0 saturated heterocycles. The second-order valence-corrected chi connectivity index (χ2v) is 12.9. The molecule has 1 aromatic carbocycles. The minimum Gasteiger partial charge on any atom is -0.466 e. The van der Waals surface area contributed by atoms with E-state index in [-0.39, 0.29) is 16.5 Å². The van der Waals surface area contributed by atoms with E-state index in [1.54, 1.807) is 6.07 Å². The Morgan fingerprint density at radius 1 is 1.46 bits per heavy atom. The third-order valence-electron chi connectivity index (χ3n) is 4.68. The van der Waals surface area contributed by atoms with E-state index in [0.29, 0.717) is 17.7 Å². The zero-order valence-electron chi connectivity index (χ0n) is 15.3. The van der Waals surface area contributed by atoms with Gasteiger partial charge in [-0.2, -0.15) is 0 Å². The molecule has 0 spiro atoms. The molecule has 1 aliphatic carbocycles. The maximum atomic E-state index is 14.3. The number of hydrogen-bond donors (Lipinski definition) is 0. The molecule has 138 valence electrons. The van der Waals surface area contributed by atoms with Crippen LogP contribution in [0.25, 0.3) is 0 Å². The summed E-state index contributed by atoms with van der Waals surface area (Å²) in [6.07, 6.45) is 2.09. The molecular weight excluding hydrogens is 373 g/mol. The van der Waals surface area contributed by atoms with Gasteiger partial charge in [-0.25, -0.2) is 9.18 Å². The van der Waals surface area contributed by atoms with Crippen LogP contribution in [0, 0.1) is 23.2 Å². The first-order chi connectivity index (χ1) is 12.2. The first kappa shape index (κ1) is 18.9. The highest BCUT2D eigenvalue weighted by Crippen LogP contribution is 2.46. The Morgan fingerprint density at radius 2 is 2.19 bits per heavy atom. The number of benzene rings is 1. The summed E-state index contributed by atoms with van der Waals surface area (Å²) in [7, 11) is -0.319. The van der Waals surface area contributed by atoms with Crippen LogP contribution in [0.2, 0.25) is 24.7 Å². The van der Waals surface area contributed by atoms with Crippen molar-refractivity contribution < 1.29 is 18.8 Å². The summed E-state index contributed by atoms with van der Waals surface area (Å²) in [5.41, 5.74) is 3.47. The molecule has 2 atom stereocenters. The first-order valence-corrected chi connectivity index (χ1v) is 12.4. The van der Waals surface area contributed by atoms with Crippen molar-refractivity contribution in [1.82, 2.24) is 0 Å². The maximum absolute atomic E-state index is 14.3. The van der Waals surface area contributed by atoms with Crippen LogP contribution in [0.15, 0.2) is 17.3 Å². The van der Waals surface area contributed by atoms with E-state index in [2.05, 4.69) is 36.3 Å². The highest BCUT2D eigenvalue weighted by Gasteiger charge is 2.59. The number of halogens is 2. The van der Waals surface area contributed by atoms with E-state index in [0.717, 1.165) is 12.8 Å². The summed E-state index contributed by atoms with van der Waals surface area (Å²) < 4.78 is 19.2. The molecule has 7 heteroatoms. The average Bonchev–Trinajstić information content (AvgIpc) is 3.12. The van der Waals surface area contributed by atoms with Crippen LogP contribution in [0.3, 0.4) is 0 Å². The standard InChI is InChI=1S/C19H21ClFNO3Si/c1-24-18(23)19-8-5-6-14(19)17(22-25-19)13-10-12(7-9-26(2,3)4)16(21)11-15(13)20/h10-11,14H,5-6,8H2,1-4H3. The van der Waals surface area contributed by atoms with Crippen LogP contribution in [0.1, 0.15) is 30.4 Å². The van der Waals surface area contributed by atoms with E-state index in [1.807, 2.05) is 0 Å². The number of fused-ring (bicyclic) bond motifs is 1. The molecule has 2 aliphatic rings. The molecule has 4 nitrogen and oxygen atoms in total. The van der Waals surface area contributed by atoms with Crippen LogP contribution in [0.5, 0.6) is 0 Å². The van der Waals surface area contributed by atoms with Crippen molar-refractivity contribution in [3.63, 3.8) is 0 Å². The normalized spacial score (nSPS) is 24.2. The van der Waals surface area contributed by atoms with Crippen molar-refractivity contribution in [3.05, 3.63) is 34.1 Å². The van der Waals surface area contributed by atoms with E-state index in [4.69, 9.17) is 21.2 Å². The van der Waals surface area contributed by atoms with Crippen molar-refractivity contribution >= 4 is 31.4 Å². The topological polar surface area (TPSA) is 47.9 Å². The molecule has 0 N–H and O–H groups in total. The van der Waals surface area contributed by atoms with E-state index in [9.17, 15) is 9.18 Å². The van der Waals surface area contributed by atoms with Gasteiger partial charge < -0.3 is 9.57 Å². The number of ether oxygens (including phenoxy) is 1. The van der Waals surface area contributed by atoms with Crippen molar-refractivity contribution in [3.8, 4) is 11.5 Å². The molecule has 0 amide bonds. The molecule has 1 aromatic rings. The van der Waals surface area contributed by atoms with Gasteiger partial charge in [-0.05, 0) is 25.0 Å². The van der Waals surface area contributed by atoms with Gasteiger partial charge in [0.25, 0.3) is 0 Å². The van der Waals surface area contributed by atoms with Crippen molar-refractivity contribution in [1.29, 1.82) is 0 Å². The number of hydrogen-bond acceptors (Lipinski definition) is 4. The second-order valence-electron chi connectivity index (χ2n) is 7.71. The number of carbonyl (C=O) groups excluding carboxylic acids is 1. The van der Waals surface area contributed by atoms with Gasteiger partial charge in [0.05, 0.1) is 29.3 Å². The van der Waals surface area contributed by atoms with Crippen molar-refractivity contribution in [2.45, 2.75) is 44.5 Å². The van der Waals surface area contributed by atoms with Gasteiger partial charge in [0.1, 0.15) is 13.9 Å². The third kappa shape index (κ3) is 3.26. The van der Waals surface area contributed by atoms with Crippen LogP contribution < -0.4 is 0 Å². The number of esters is 1. The quantitative estimate of drug-likeness (QED) is 0.430. The van der Waals surface area contributed by atoms with Gasteiger partial charge >= 0.3 is 5.97 Å². The Labute approximate surface area is 158 Å². The lowest BCUT2D eigenvalue weighted by Crippen LogP contribution is -2.43. The molecule has 1 saturated carbocycles. The predicted molar refractivity (Wildman–Crippen MR) is 101 cm³/mol. The van der Waals surface area contributed by atoms with E-state index < -0.39 is 25.5 Å². The fourth-order valence-electron chi connectivity index (χ4n) is 3.42. The first-order valence-electron chi connectivity index (χ1n) is 8.55. The van der Waals surface area contributed by atoms with Crippen LogP contribution in [-0.2, 0) is 14.4 Å². The molecular formula is C19H21ClFNO3Si. The number of methoxy groups -OCH3 is 1. The van der Waals surface area contributed by atoms with E-state index in [1.165, 1.54) is 13.2 Å². The second kappa shape index (κ2) is 6.71. The molecule has 0 aromatic heterocycles. The average molecular weight is 394 g/mol. The molecule has 0 bridgehead atoms. The zero-order chi connectivity index (χ0) is 19.1. The minimum atomic E-state index is -1.66. The molecule has 3 rings (SSSR count). The summed E-state index contributed by atoms with van der Waals surface area (Å²) in [6.45, 7) is 6.27. The predicted octanol–water partition coefficient (Wildman–Crippen LogP) is 4.15. The summed E-state index contributed by atoms with van der Waals surface area (Å²) in [6, 6.07) is 2.86.